The maximum Gasteiger partial charge on any atom is 0.422 e. The first kappa shape index (κ1) is 29.3. The van der Waals surface area contributed by atoms with E-state index < -0.39 is 36.2 Å². The number of methoxy groups -OCH3 is 1. The zero-order chi connectivity index (χ0) is 29.1. The summed E-state index contributed by atoms with van der Waals surface area (Å²) in [7, 11) is 1.42. The van der Waals surface area contributed by atoms with Crippen LogP contribution in [0.5, 0.6) is 5.75 Å². The standard InChI is InChI=1S/C28H28ClF3N4O4/c1-4-5-23(26(38)35-18-7-8-21-22(13-18)34-11-10-33-21)36-15-27(2,39-3)20(14-25(36)37)19-12-17(29)6-9-24(19)40-16-28(30,31)32/h6-14,23H,4-5,15-16H2,1-3H3,(H,35,38). The molecule has 2 atom stereocenters. The molecule has 0 radical (unpaired) electrons. The fourth-order valence-electron chi connectivity index (χ4n) is 4.61. The summed E-state index contributed by atoms with van der Waals surface area (Å²) in [4.78, 5) is 36.8. The van der Waals surface area contributed by atoms with E-state index in [0.29, 0.717) is 35.1 Å². The van der Waals surface area contributed by atoms with Crippen molar-refractivity contribution in [3.8, 4) is 5.75 Å². The molecule has 2 heterocycles. The summed E-state index contributed by atoms with van der Waals surface area (Å²) in [6.45, 7) is 2.03. The lowest BCUT2D eigenvalue weighted by Gasteiger charge is -2.43. The SMILES string of the molecule is CCCC(C(=O)Nc1ccc2nccnc2c1)N1CC(C)(OC)C(c2cc(Cl)ccc2OCC(F)(F)F)=CC1=O. The van der Waals surface area contributed by atoms with Crippen molar-refractivity contribution in [2.45, 2.75) is 44.5 Å². The molecule has 2 amide bonds. The van der Waals surface area contributed by atoms with E-state index in [1.165, 1.54) is 36.3 Å². The largest absolute Gasteiger partial charge is 0.483 e. The van der Waals surface area contributed by atoms with Crippen LogP contribution in [0.3, 0.4) is 0 Å². The second-order valence-electron chi connectivity index (χ2n) is 9.56. The van der Waals surface area contributed by atoms with Crippen molar-refractivity contribution < 1.29 is 32.2 Å². The second kappa shape index (κ2) is 11.8. The van der Waals surface area contributed by atoms with Crippen LogP contribution in [0.4, 0.5) is 18.9 Å². The topological polar surface area (TPSA) is 93.7 Å². The van der Waals surface area contributed by atoms with E-state index >= 15 is 0 Å². The Kier molecular flexibility index (Phi) is 8.65. The summed E-state index contributed by atoms with van der Waals surface area (Å²) in [5.41, 5.74) is 1.07. The number of halogens is 4. The van der Waals surface area contributed by atoms with Gasteiger partial charge in [-0.2, -0.15) is 13.2 Å². The maximum absolute atomic E-state index is 13.5. The predicted octanol–water partition coefficient (Wildman–Crippen LogP) is 5.66. The molecule has 2 unspecified atom stereocenters. The van der Waals surface area contributed by atoms with Crippen LogP contribution in [-0.4, -0.2) is 64.8 Å². The number of fused-ring (bicyclic) bond motifs is 1. The molecular formula is C28H28ClF3N4O4. The molecule has 0 fully saturated rings. The van der Waals surface area contributed by atoms with Crippen LogP contribution in [0.2, 0.25) is 5.02 Å². The number of aromatic nitrogens is 2. The first-order valence-corrected chi connectivity index (χ1v) is 12.9. The zero-order valence-corrected chi connectivity index (χ0v) is 22.8. The fourth-order valence-corrected chi connectivity index (χ4v) is 4.79. The van der Waals surface area contributed by atoms with Gasteiger partial charge in [0, 0.05) is 47.4 Å². The van der Waals surface area contributed by atoms with Crippen molar-refractivity contribution in [1.29, 1.82) is 0 Å². The Hall–Kier alpha value is -3.70. The van der Waals surface area contributed by atoms with Crippen LogP contribution >= 0.6 is 11.6 Å². The van der Waals surface area contributed by atoms with E-state index in [-0.39, 0.29) is 22.9 Å². The van der Waals surface area contributed by atoms with E-state index in [0.717, 1.165) is 0 Å². The molecule has 0 aliphatic carbocycles. The number of anilines is 1. The van der Waals surface area contributed by atoms with Gasteiger partial charge in [0.25, 0.3) is 0 Å². The van der Waals surface area contributed by atoms with Gasteiger partial charge in [0.2, 0.25) is 11.8 Å². The molecular weight excluding hydrogens is 549 g/mol. The Morgan fingerprint density at radius 3 is 2.58 bits per heavy atom. The molecule has 3 aromatic rings. The molecule has 0 saturated heterocycles. The van der Waals surface area contributed by atoms with Gasteiger partial charge in [0.05, 0.1) is 17.6 Å². The first-order chi connectivity index (χ1) is 18.9. The molecule has 1 aliphatic rings. The van der Waals surface area contributed by atoms with Crippen LogP contribution in [0.25, 0.3) is 16.6 Å². The van der Waals surface area contributed by atoms with E-state index in [1.807, 2.05) is 6.92 Å². The number of rotatable bonds is 9. The number of benzene rings is 2. The lowest BCUT2D eigenvalue weighted by atomic mass is 9.84. The maximum atomic E-state index is 13.5. The van der Waals surface area contributed by atoms with Crippen molar-refractivity contribution >= 4 is 45.7 Å². The van der Waals surface area contributed by atoms with Crippen molar-refractivity contribution in [1.82, 2.24) is 14.9 Å². The summed E-state index contributed by atoms with van der Waals surface area (Å²) in [6.07, 6.45) is 0.798. The molecule has 0 spiro atoms. The van der Waals surface area contributed by atoms with Crippen LogP contribution < -0.4 is 10.1 Å². The summed E-state index contributed by atoms with van der Waals surface area (Å²) in [5, 5.41) is 3.11. The number of hydrogen-bond donors (Lipinski definition) is 1. The van der Waals surface area contributed by atoms with Gasteiger partial charge in [-0.05, 0) is 49.7 Å². The van der Waals surface area contributed by atoms with Crippen LogP contribution in [0, 0.1) is 0 Å². The molecule has 0 bridgehead atoms. The van der Waals surface area contributed by atoms with Gasteiger partial charge in [-0.3, -0.25) is 19.6 Å². The lowest BCUT2D eigenvalue weighted by Crippen LogP contribution is -2.56. The van der Waals surface area contributed by atoms with Gasteiger partial charge in [0.15, 0.2) is 6.61 Å². The average Bonchev–Trinajstić information content (AvgIpc) is 2.91. The Morgan fingerprint density at radius 2 is 1.90 bits per heavy atom. The van der Waals surface area contributed by atoms with Gasteiger partial charge in [-0.25, -0.2) is 0 Å². The molecule has 2 aromatic carbocycles. The highest BCUT2D eigenvalue weighted by Gasteiger charge is 2.43. The Morgan fingerprint density at radius 1 is 1.18 bits per heavy atom. The minimum Gasteiger partial charge on any atom is -0.483 e. The summed E-state index contributed by atoms with van der Waals surface area (Å²) < 4.78 is 49.6. The molecule has 0 saturated carbocycles. The quantitative estimate of drug-likeness (QED) is 0.353. The van der Waals surface area contributed by atoms with Crippen molar-refractivity contribution in [2.75, 3.05) is 25.6 Å². The van der Waals surface area contributed by atoms with E-state index in [1.54, 1.807) is 37.5 Å². The number of ether oxygens (including phenoxy) is 2. The van der Waals surface area contributed by atoms with E-state index in [2.05, 4.69) is 15.3 Å². The van der Waals surface area contributed by atoms with Gasteiger partial charge < -0.3 is 19.7 Å². The average molecular weight is 577 g/mol. The minimum atomic E-state index is -4.56. The highest BCUT2D eigenvalue weighted by Crippen LogP contribution is 2.41. The third-order valence-electron chi connectivity index (χ3n) is 6.64. The Balaban J connectivity index is 1.65. The van der Waals surface area contributed by atoms with Gasteiger partial charge in [-0.1, -0.05) is 24.9 Å². The summed E-state index contributed by atoms with van der Waals surface area (Å²) in [5.74, 6) is -0.991. The smallest absolute Gasteiger partial charge is 0.422 e. The lowest BCUT2D eigenvalue weighted by molar-refractivity contribution is -0.153. The molecule has 40 heavy (non-hydrogen) atoms. The highest BCUT2D eigenvalue weighted by atomic mass is 35.5. The number of nitrogens with one attached hydrogen (secondary N) is 1. The molecule has 1 aliphatic heterocycles. The van der Waals surface area contributed by atoms with Gasteiger partial charge in [0.1, 0.15) is 17.4 Å². The molecule has 1 aromatic heterocycles. The Labute approximate surface area is 234 Å². The second-order valence-corrected chi connectivity index (χ2v) is 9.99. The van der Waals surface area contributed by atoms with Gasteiger partial charge >= 0.3 is 6.18 Å². The van der Waals surface area contributed by atoms with Crippen molar-refractivity contribution in [2.24, 2.45) is 0 Å². The fraction of sp³-hybridized carbons (Fsp3) is 0.357. The summed E-state index contributed by atoms with van der Waals surface area (Å²) in [6, 6.07) is 8.44. The highest BCUT2D eigenvalue weighted by molar-refractivity contribution is 6.30. The third-order valence-corrected chi connectivity index (χ3v) is 6.88. The van der Waals surface area contributed by atoms with Crippen molar-refractivity contribution in [3.63, 3.8) is 0 Å². The van der Waals surface area contributed by atoms with Gasteiger partial charge in [-0.15, -0.1) is 0 Å². The zero-order valence-electron chi connectivity index (χ0n) is 22.1. The normalized spacial score (nSPS) is 18.4. The van der Waals surface area contributed by atoms with Crippen molar-refractivity contribution in [3.05, 3.63) is 65.5 Å². The van der Waals surface area contributed by atoms with Crippen LogP contribution in [0.1, 0.15) is 32.3 Å². The predicted molar refractivity (Wildman–Crippen MR) is 145 cm³/mol. The molecule has 212 valence electrons. The number of nitrogens with zero attached hydrogens (tertiary/aromatic N) is 3. The number of hydrogen-bond acceptors (Lipinski definition) is 6. The molecule has 8 nitrogen and oxygen atoms in total. The first-order valence-electron chi connectivity index (χ1n) is 12.5. The van der Waals surface area contributed by atoms with Crippen LogP contribution in [-0.2, 0) is 14.3 Å². The Bertz CT molecular complexity index is 1450. The number of carbonyl (C=O) groups excluding carboxylic acids is 2. The molecule has 1 N–H and O–H groups in total. The minimum absolute atomic E-state index is 0.0410. The molecule has 4 rings (SSSR count). The third kappa shape index (κ3) is 6.53. The van der Waals surface area contributed by atoms with E-state index in [4.69, 9.17) is 21.1 Å². The van der Waals surface area contributed by atoms with Crippen LogP contribution in [0.15, 0.2) is 54.9 Å². The number of carbonyl (C=O) groups is 2. The molecule has 12 heteroatoms. The number of amides is 2. The monoisotopic (exact) mass is 576 g/mol. The van der Waals surface area contributed by atoms with E-state index in [9.17, 15) is 22.8 Å². The number of alkyl halides is 3. The summed E-state index contributed by atoms with van der Waals surface area (Å²) >= 11 is 6.17.